The van der Waals surface area contributed by atoms with Crippen LogP contribution in [-0.2, 0) is 22.6 Å². The maximum atomic E-state index is 13.0. The summed E-state index contributed by atoms with van der Waals surface area (Å²) in [5, 5.41) is 58.9. The molecule has 9 aliphatic rings. The van der Waals surface area contributed by atoms with Crippen LogP contribution in [0.1, 0.15) is 166 Å². The molecular weight excluding hydrogens is 919 g/mol. The molecule has 6 aliphatic carbocycles. The number of piperidine rings is 1. The first-order valence-electron chi connectivity index (χ1n) is 27.5. The summed E-state index contributed by atoms with van der Waals surface area (Å²) < 4.78 is 13.0. The van der Waals surface area contributed by atoms with Gasteiger partial charge in [-0.05, 0) is 149 Å². The Morgan fingerprint density at radius 2 is 1.77 bits per heavy atom. The molecule has 0 unspecified atom stereocenters. The number of carbonyl (C=O) groups is 1. The topological polar surface area (TPSA) is 191 Å². The van der Waals surface area contributed by atoms with Crippen LogP contribution in [0.5, 0.6) is 11.5 Å². The number of ether oxygens (including phenoxy) is 2. The lowest BCUT2D eigenvalue weighted by molar-refractivity contribution is -0.152. The molecule has 3 aliphatic heterocycles. The Kier molecular flexibility index (Phi) is 15.2. The van der Waals surface area contributed by atoms with Gasteiger partial charge in [-0.25, -0.2) is 4.99 Å². The Bertz CT molecular complexity index is 2170. The molecule has 12 nitrogen and oxygen atoms in total. The number of aliphatic hydroxyl groups excluding tert-OH is 3. The molecular formula is C56H83N5O7S2. The summed E-state index contributed by atoms with van der Waals surface area (Å²) in [7, 11) is 4.02. The Morgan fingerprint density at radius 1 is 0.957 bits per heavy atom. The van der Waals surface area contributed by atoms with E-state index in [0.717, 1.165) is 68.8 Å². The maximum absolute atomic E-state index is 13.0. The van der Waals surface area contributed by atoms with Gasteiger partial charge < -0.3 is 51.6 Å². The van der Waals surface area contributed by atoms with E-state index in [2.05, 4.69) is 33.9 Å². The summed E-state index contributed by atoms with van der Waals surface area (Å²) in [5.74, 6) is 9.19. The molecule has 6 bridgehead atoms. The summed E-state index contributed by atoms with van der Waals surface area (Å²) in [6, 6.07) is 2.90. The number of phenolic OH excluding ortho intramolecular Hbond substituents is 1. The minimum atomic E-state index is -1.04. The van der Waals surface area contributed by atoms with Gasteiger partial charge in [-0.1, -0.05) is 84.1 Å². The van der Waals surface area contributed by atoms with Crippen molar-refractivity contribution in [1.82, 2.24) is 16.0 Å². The summed E-state index contributed by atoms with van der Waals surface area (Å²) in [6.07, 6.45) is 25.0. The predicted octanol–water partition coefficient (Wildman–Crippen LogP) is 7.97. The van der Waals surface area contributed by atoms with Crippen LogP contribution in [-0.4, -0.2) is 105 Å². The van der Waals surface area contributed by atoms with Crippen molar-refractivity contribution in [2.45, 2.75) is 209 Å². The number of aliphatic hydroxyl groups is 3. The number of nitrogens with one attached hydrogen (secondary N) is 3. The molecule has 14 heteroatoms. The number of carbonyl (C=O) groups excluding carboxylic acids is 1. The highest BCUT2D eigenvalue weighted by Gasteiger charge is 2.68. The summed E-state index contributed by atoms with van der Waals surface area (Å²) >= 11 is 0. The number of guanidine groups is 1. The molecule has 10 rings (SSSR count). The van der Waals surface area contributed by atoms with Gasteiger partial charge in [0.1, 0.15) is 12.2 Å². The summed E-state index contributed by atoms with van der Waals surface area (Å²) in [6.45, 7) is 3.52. The monoisotopic (exact) mass is 1000 g/mol. The van der Waals surface area contributed by atoms with E-state index >= 15 is 0 Å². The Hall–Kier alpha value is -2.64. The highest BCUT2D eigenvalue weighted by Crippen LogP contribution is 2.73. The number of esters is 1. The normalized spacial score (nSPS) is 39.8. The molecule has 4 saturated carbocycles. The number of nitrogens with zero attached hydrogens (tertiary/aromatic N) is 1. The van der Waals surface area contributed by atoms with Gasteiger partial charge >= 0.3 is 5.97 Å². The average molecular weight is 1000 g/mol. The van der Waals surface area contributed by atoms with Gasteiger partial charge in [0.2, 0.25) is 0 Å². The zero-order valence-corrected chi connectivity index (χ0v) is 43.6. The van der Waals surface area contributed by atoms with E-state index in [1.165, 1.54) is 90.4 Å². The van der Waals surface area contributed by atoms with Crippen LogP contribution in [0.25, 0.3) is 0 Å². The van der Waals surface area contributed by atoms with Gasteiger partial charge in [-0.15, -0.1) is 0 Å². The third kappa shape index (κ3) is 9.78. The molecule has 0 amide bonds. The molecule has 1 saturated heterocycles. The molecule has 5 fully saturated rings. The van der Waals surface area contributed by atoms with Crippen molar-refractivity contribution >= 4 is 33.5 Å². The Labute approximate surface area is 425 Å². The van der Waals surface area contributed by atoms with Crippen molar-refractivity contribution in [3.05, 3.63) is 35.4 Å². The molecule has 70 heavy (non-hydrogen) atoms. The lowest BCUT2D eigenvalue weighted by Gasteiger charge is -2.63. The van der Waals surface area contributed by atoms with E-state index in [1.807, 2.05) is 33.7 Å². The summed E-state index contributed by atoms with van der Waals surface area (Å²) in [5.41, 5.74) is 7.96. The number of hydrogen-bond donors (Lipinski definition) is 8. The zero-order valence-electron chi connectivity index (χ0n) is 41.9. The van der Waals surface area contributed by atoms with Gasteiger partial charge in [0.15, 0.2) is 17.5 Å². The van der Waals surface area contributed by atoms with E-state index in [1.54, 1.807) is 6.07 Å². The lowest BCUT2D eigenvalue weighted by Crippen LogP contribution is -2.70. The minimum absolute atomic E-state index is 0.0154. The van der Waals surface area contributed by atoms with Crippen LogP contribution in [0.2, 0.25) is 0 Å². The fourth-order valence-electron chi connectivity index (χ4n) is 16.7. The van der Waals surface area contributed by atoms with E-state index in [-0.39, 0.29) is 47.3 Å². The fourth-order valence-corrected chi connectivity index (χ4v) is 19.2. The molecule has 0 radical (unpaired) electrons. The number of rotatable bonds is 2. The molecule has 9 N–H and O–H groups in total. The quantitative estimate of drug-likeness (QED) is 0.0617. The molecule has 11 atom stereocenters. The maximum Gasteiger partial charge on any atom is 0.302 e. The first-order valence-corrected chi connectivity index (χ1v) is 30.0. The standard InChI is InChI=1S/C56H83N5O7S2/c1-38(63)67-46-32-42(64)13-23-54-22-12-39-9-7-20-53(33-43(14-26-59-53)68-47-31-40(29-44(39)46)41(34-62)30-45(47)65)36-58-27-28-69-70-37-56(61-50(57)60-48(54)10-6-11-49(54)66)35-51(15-2-3-16-51)24-25-55(56)21-8-19-52(55)17-4-5-18-52/h6,10,30-31,39,42-44,46,48-49,58-59,62,64-66H,2-5,7-9,11,13-21,23-29,32-37H2,1H3,(H3,57,60,61)/t39-,42+,43+,44-,46+,48-,49+,53+,54+,55+,56+/m1/s1. The van der Waals surface area contributed by atoms with E-state index in [9.17, 15) is 25.2 Å². The smallest absolute Gasteiger partial charge is 0.302 e. The zero-order chi connectivity index (χ0) is 48.6. The largest absolute Gasteiger partial charge is 0.504 e. The first kappa shape index (κ1) is 50.9. The molecule has 6 spiro atoms. The van der Waals surface area contributed by atoms with Crippen LogP contribution >= 0.6 is 21.6 Å². The highest BCUT2D eigenvalue weighted by atomic mass is 33.1. The molecule has 1 aromatic rings. The van der Waals surface area contributed by atoms with Gasteiger partial charge in [0.25, 0.3) is 0 Å². The third-order valence-corrected chi connectivity index (χ3v) is 22.5. The highest BCUT2D eigenvalue weighted by molar-refractivity contribution is 8.76. The number of nitrogens with two attached hydrogens (primary N) is 1. The van der Waals surface area contributed by atoms with Crippen molar-refractivity contribution < 1.29 is 34.7 Å². The van der Waals surface area contributed by atoms with Crippen LogP contribution in [0.15, 0.2) is 29.3 Å². The number of benzene rings is 1. The third-order valence-electron chi connectivity index (χ3n) is 20.0. The average Bonchev–Trinajstić information content (AvgIpc) is 4.09. The molecule has 386 valence electrons. The van der Waals surface area contributed by atoms with Crippen LogP contribution < -0.4 is 26.4 Å². The van der Waals surface area contributed by atoms with Crippen LogP contribution in [0.3, 0.4) is 0 Å². The van der Waals surface area contributed by atoms with Crippen molar-refractivity contribution in [3.63, 3.8) is 0 Å². The second-order valence-electron chi connectivity index (χ2n) is 23.9. The number of fused-ring (bicyclic) bond motifs is 7. The minimum Gasteiger partial charge on any atom is -0.504 e. The number of phenols is 1. The Balaban J connectivity index is 1.12. The van der Waals surface area contributed by atoms with Crippen LogP contribution in [0, 0.1) is 45.3 Å². The van der Waals surface area contributed by atoms with Crippen molar-refractivity contribution in [3.8, 4) is 23.3 Å². The molecule has 1 aromatic carbocycles. The lowest BCUT2D eigenvalue weighted by atomic mass is 9.46. The van der Waals surface area contributed by atoms with E-state index in [0.29, 0.717) is 60.2 Å². The number of aromatic hydroxyl groups is 1. The second-order valence-corrected chi connectivity index (χ2v) is 26.4. The SMILES string of the molecule is CC(=O)O[C@H]1C[C@@H](O)CC[C@@]23C#C[C@H]4CCC[C@@]5(CNCCSSC[C@]6(CC7(CCCC7)CC[C@]67CCCC76CCCC6)NC(N)=N[C@@H]2C=CC[C@@H]3O)C[C@H](CCN5)Oc2cc(c(CO)cc2O)C[C@@H]14. The van der Waals surface area contributed by atoms with Gasteiger partial charge in [0.05, 0.1) is 35.8 Å². The van der Waals surface area contributed by atoms with Crippen molar-refractivity contribution in [2.75, 3.05) is 31.1 Å². The van der Waals surface area contributed by atoms with Gasteiger partial charge in [-0.2, -0.15) is 0 Å². The number of aliphatic imine (C=N–C) groups is 1. The van der Waals surface area contributed by atoms with Crippen molar-refractivity contribution in [1.29, 1.82) is 0 Å². The van der Waals surface area contributed by atoms with Gasteiger partial charge in [-0.3, -0.25) is 4.79 Å². The van der Waals surface area contributed by atoms with Gasteiger partial charge in [0, 0.05) is 61.7 Å². The van der Waals surface area contributed by atoms with Crippen LogP contribution in [0.4, 0.5) is 0 Å². The molecule has 0 aromatic heterocycles. The summed E-state index contributed by atoms with van der Waals surface area (Å²) in [4.78, 5) is 18.5. The second kappa shape index (κ2) is 20.9. The first-order chi connectivity index (χ1) is 33.8. The van der Waals surface area contributed by atoms with E-state index < -0.39 is 41.7 Å². The fraction of sp³-hybridized carbons (Fsp3) is 0.786. The predicted molar refractivity (Wildman–Crippen MR) is 279 cm³/mol. The number of hydrogen-bond acceptors (Lipinski definition) is 14. The Morgan fingerprint density at radius 3 is 2.59 bits per heavy atom. The molecule has 3 heterocycles. The van der Waals surface area contributed by atoms with E-state index in [4.69, 9.17) is 20.2 Å². The van der Waals surface area contributed by atoms with Crippen molar-refractivity contribution in [2.24, 2.45) is 44.2 Å².